The highest BCUT2D eigenvalue weighted by Gasteiger charge is 2.58. The average molecular weight is 261 g/mol. The monoisotopic (exact) mass is 261 g/mol. The van der Waals surface area contributed by atoms with Gasteiger partial charge in [0.1, 0.15) is 6.54 Å². The zero-order chi connectivity index (χ0) is 13.3. The van der Waals surface area contributed by atoms with Gasteiger partial charge in [0.15, 0.2) is 0 Å². The van der Waals surface area contributed by atoms with Crippen molar-refractivity contribution in [2.24, 2.45) is 0 Å². The Hall–Kier alpha value is -1.08. The maximum atomic E-state index is 12.9. The largest absolute Gasteiger partial charge is 0.309 e. The minimum Gasteiger partial charge on any atom is -0.309 e. The molecule has 1 N–H and O–H groups in total. The van der Waals surface area contributed by atoms with Crippen LogP contribution in [0.2, 0.25) is 0 Å². The van der Waals surface area contributed by atoms with Gasteiger partial charge in [-0.25, -0.2) is 0 Å². The summed E-state index contributed by atoms with van der Waals surface area (Å²) >= 11 is 0. The van der Waals surface area contributed by atoms with Crippen LogP contribution in [-0.4, -0.2) is 28.6 Å². The molecule has 0 aromatic rings. The SMILES string of the molecule is N#CCN1C(=O)C2(CCCCC2)NC12CCCCC2. The summed E-state index contributed by atoms with van der Waals surface area (Å²) in [6.07, 6.45) is 11.0. The lowest BCUT2D eigenvalue weighted by molar-refractivity contribution is -0.135. The van der Waals surface area contributed by atoms with E-state index in [4.69, 9.17) is 5.26 Å². The molecule has 0 radical (unpaired) electrons. The van der Waals surface area contributed by atoms with Crippen LogP contribution in [0.4, 0.5) is 0 Å². The van der Waals surface area contributed by atoms with Gasteiger partial charge >= 0.3 is 0 Å². The third-order valence-corrected chi connectivity index (χ3v) is 5.26. The lowest BCUT2D eigenvalue weighted by Crippen LogP contribution is -2.56. The molecule has 104 valence electrons. The number of carbonyl (C=O) groups excluding carboxylic acids is 1. The van der Waals surface area contributed by atoms with Gasteiger partial charge in [-0.05, 0) is 38.5 Å². The predicted molar refractivity (Wildman–Crippen MR) is 72.1 cm³/mol. The van der Waals surface area contributed by atoms with Gasteiger partial charge in [0.2, 0.25) is 5.91 Å². The Labute approximate surface area is 115 Å². The van der Waals surface area contributed by atoms with E-state index in [2.05, 4.69) is 11.4 Å². The fourth-order valence-corrected chi connectivity index (χ4v) is 4.34. The maximum Gasteiger partial charge on any atom is 0.245 e. The first-order chi connectivity index (χ1) is 9.22. The van der Waals surface area contributed by atoms with Gasteiger partial charge in [0.05, 0.1) is 17.3 Å². The van der Waals surface area contributed by atoms with E-state index in [1.54, 1.807) is 0 Å². The molecule has 3 rings (SSSR count). The smallest absolute Gasteiger partial charge is 0.245 e. The Morgan fingerprint density at radius 2 is 1.63 bits per heavy atom. The van der Waals surface area contributed by atoms with E-state index in [0.717, 1.165) is 51.4 Å². The Morgan fingerprint density at radius 1 is 1.05 bits per heavy atom. The van der Waals surface area contributed by atoms with Gasteiger partial charge in [-0.3, -0.25) is 10.1 Å². The molecule has 4 nitrogen and oxygen atoms in total. The molecule has 2 saturated carbocycles. The lowest BCUT2D eigenvalue weighted by Gasteiger charge is -2.41. The van der Waals surface area contributed by atoms with E-state index in [1.807, 2.05) is 4.90 Å². The number of hydrogen-bond acceptors (Lipinski definition) is 3. The molecule has 1 saturated heterocycles. The van der Waals surface area contributed by atoms with Crippen LogP contribution in [0.5, 0.6) is 0 Å². The second kappa shape index (κ2) is 4.79. The summed E-state index contributed by atoms with van der Waals surface area (Å²) in [4.78, 5) is 14.7. The third kappa shape index (κ3) is 1.95. The minimum absolute atomic E-state index is 0.204. The molecule has 1 amide bonds. The molecule has 4 heteroatoms. The summed E-state index contributed by atoms with van der Waals surface area (Å²) in [5, 5.41) is 12.8. The summed E-state index contributed by atoms with van der Waals surface area (Å²) in [5.41, 5.74) is -0.547. The van der Waals surface area contributed by atoms with Crippen molar-refractivity contribution in [1.82, 2.24) is 10.2 Å². The van der Waals surface area contributed by atoms with Gasteiger partial charge in [0, 0.05) is 0 Å². The van der Waals surface area contributed by atoms with Crippen LogP contribution in [-0.2, 0) is 4.79 Å². The highest BCUT2D eigenvalue weighted by Crippen LogP contribution is 2.44. The summed E-state index contributed by atoms with van der Waals surface area (Å²) < 4.78 is 0. The van der Waals surface area contributed by atoms with Crippen LogP contribution in [0.25, 0.3) is 0 Å². The van der Waals surface area contributed by atoms with E-state index in [0.29, 0.717) is 0 Å². The zero-order valence-electron chi connectivity index (χ0n) is 11.6. The Kier molecular flexibility index (Phi) is 3.26. The van der Waals surface area contributed by atoms with Gasteiger partial charge in [-0.2, -0.15) is 5.26 Å². The predicted octanol–water partition coefficient (Wildman–Crippen LogP) is 2.31. The number of rotatable bonds is 1. The summed E-state index contributed by atoms with van der Waals surface area (Å²) in [5.74, 6) is 0.204. The van der Waals surface area contributed by atoms with Crippen molar-refractivity contribution in [3.63, 3.8) is 0 Å². The number of nitriles is 1. The van der Waals surface area contributed by atoms with E-state index >= 15 is 0 Å². The quantitative estimate of drug-likeness (QED) is 0.737. The summed E-state index contributed by atoms with van der Waals surface area (Å²) in [6, 6.07) is 2.20. The zero-order valence-corrected chi connectivity index (χ0v) is 11.6. The van der Waals surface area contributed by atoms with Crippen molar-refractivity contribution in [2.45, 2.75) is 75.4 Å². The molecule has 3 aliphatic rings. The van der Waals surface area contributed by atoms with E-state index in [1.165, 1.54) is 12.8 Å². The summed E-state index contributed by atoms with van der Waals surface area (Å²) in [7, 11) is 0. The van der Waals surface area contributed by atoms with Crippen LogP contribution in [0.15, 0.2) is 0 Å². The number of carbonyl (C=O) groups is 1. The Bertz CT molecular complexity index is 400. The highest BCUT2D eigenvalue weighted by molar-refractivity contribution is 5.90. The first kappa shape index (κ1) is 12.9. The number of amides is 1. The first-order valence-corrected chi connectivity index (χ1v) is 7.71. The summed E-state index contributed by atoms with van der Waals surface area (Å²) in [6.45, 7) is 0.244. The number of nitrogens with zero attached hydrogens (tertiary/aromatic N) is 2. The van der Waals surface area contributed by atoms with Crippen molar-refractivity contribution in [3.8, 4) is 6.07 Å². The van der Waals surface area contributed by atoms with E-state index < -0.39 is 0 Å². The van der Waals surface area contributed by atoms with Crippen LogP contribution < -0.4 is 5.32 Å². The van der Waals surface area contributed by atoms with Gasteiger partial charge in [-0.1, -0.05) is 25.7 Å². The fraction of sp³-hybridized carbons (Fsp3) is 0.867. The molecule has 19 heavy (non-hydrogen) atoms. The van der Waals surface area contributed by atoms with E-state index in [9.17, 15) is 4.79 Å². The van der Waals surface area contributed by atoms with Gasteiger partial charge < -0.3 is 4.90 Å². The molecule has 3 fully saturated rings. The number of hydrogen-bond donors (Lipinski definition) is 1. The average Bonchev–Trinajstić information content (AvgIpc) is 2.64. The second-order valence-corrected chi connectivity index (χ2v) is 6.41. The third-order valence-electron chi connectivity index (χ3n) is 5.26. The molecule has 0 bridgehead atoms. The second-order valence-electron chi connectivity index (χ2n) is 6.41. The van der Waals surface area contributed by atoms with Gasteiger partial charge in [-0.15, -0.1) is 0 Å². The van der Waals surface area contributed by atoms with E-state index in [-0.39, 0.29) is 23.7 Å². The van der Waals surface area contributed by atoms with Crippen LogP contribution in [0, 0.1) is 11.3 Å². The van der Waals surface area contributed by atoms with Crippen LogP contribution >= 0.6 is 0 Å². The van der Waals surface area contributed by atoms with Gasteiger partial charge in [0.25, 0.3) is 0 Å². The molecular formula is C15H23N3O. The molecule has 0 unspecified atom stereocenters. The lowest BCUT2D eigenvalue weighted by atomic mass is 9.81. The highest BCUT2D eigenvalue weighted by atomic mass is 16.2. The normalized spacial score (nSPS) is 28.8. The van der Waals surface area contributed by atoms with Crippen LogP contribution in [0.3, 0.4) is 0 Å². The van der Waals surface area contributed by atoms with Crippen molar-refractivity contribution in [3.05, 3.63) is 0 Å². The Balaban J connectivity index is 1.91. The molecule has 0 aromatic carbocycles. The molecule has 0 atom stereocenters. The molecule has 1 aliphatic heterocycles. The topological polar surface area (TPSA) is 56.1 Å². The maximum absolute atomic E-state index is 12.9. The fourth-order valence-electron chi connectivity index (χ4n) is 4.34. The molecule has 1 heterocycles. The van der Waals surface area contributed by atoms with Crippen molar-refractivity contribution < 1.29 is 4.79 Å². The molecule has 2 aliphatic carbocycles. The first-order valence-electron chi connectivity index (χ1n) is 7.71. The number of nitrogens with one attached hydrogen (secondary N) is 1. The molecule has 0 aromatic heterocycles. The Morgan fingerprint density at radius 3 is 2.21 bits per heavy atom. The molecule has 2 spiro atoms. The van der Waals surface area contributed by atoms with Crippen molar-refractivity contribution in [1.29, 1.82) is 5.26 Å². The van der Waals surface area contributed by atoms with Crippen molar-refractivity contribution >= 4 is 5.91 Å². The standard InChI is InChI=1S/C15H23N3O/c16-11-12-18-13(19)14(7-3-1-4-8-14)17-15(18)9-5-2-6-10-15/h17H,1-10,12H2. The van der Waals surface area contributed by atoms with Crippen molar-refractivity contribution in [2.75, 3.05) is 6.54 Å². The minimum atomic E-state index is -0.341. The molecular weight excluding hydrogens is 238 g/mol. The van der Waals surface area contributed by atoms with Crippen LogP contribution in [0.1, 0.15) is 64.2 Å².